The number of aromatic carboxylic acids is 1. The van der Waals surface area contributed by atoms with Crippen molar-refractivity contribution >= 4 is 17.7 Å². The minimum absolute atomic E-state index is 0.0291. The zero-order chi connectivity index (χ0) is 15.6. The number of alkyl halides is 3. The van der Waals surface area contributed by atoms with E-state index in [9.17, 15) is 22.4 Å². The van der Waals surface area contributed by atoms with Gasteiger partial charge in [0.05, 0.1) is 11.1 Å². The first-order valence-electron chi connectivity index (χ1n) is 5.51. The van der Waals surface area contributed by atoms with E-state index < -0.39 is 23.5 Å². The molecule has 0 atom stereocenters. The van der Waals surface area contributed by atoms with Crippen molar-refractivity contribution in [2.75, 3.05) is 0 Å². The van der Waals surface area contributed by atoms with Crippen LogP contribution in [0.1, 0.15) is 15.9 Å². The highest BCUT2D eigenvalue weighted by Gasteiger charge is 2.31. The maximum Gasteiger partial charge on any atom is 0.416 e. The molecule has 1 N–H and O–H groups in total. The first-order chi connectivity index (χ1) is 9.77. The molecule has 21 heavy (non-hydrogen) atoms. The Morgan fingerprint density at radius 1 is 1.19 bits per heavy atom. The van der Waals surface area contributed by atoms with Crippen LogP contribution in [0.3, 0.4) is 0 Å². The topological polar surface area (TPSA) is 50.2 Å². The largest absolute Gasteiger partial charge is 0.478 e. The lowest BCUT2D eigenvalue weighted by atomic mass is 10.2. The van der Waals surface area contributed by atoms with E-state index in [0.29, 0.717) is 6.07 Å². The minimum atomic E-state index is -4.61. The van der Waals surface area contributed by atoms with E-state index in [1.54, 1.807) is 0 Å². The molecule has 0 unspecified atom stereocenters. The molecule has 0 saturated carbocycles. The smallest absolute Gasteiger partial charge is 0.416 e. The summed E-state index contributed by atoms with van der Waals surface area (Å²) in [6, 6.07) is 4.82. The standard InChI is InChI=1S/C13H7F4NO2S/c14-9-5-8(13(15,16)17)2-3-10(9)21-11-4-1-7(6-18-11)12(19)20/h1-6H,(H,19,20). The van der Waals surface area contributed by atoms with E-state index in [0.717, 1.165) is 30.1 Å². The molecule has 3 nitrogen and oxygen atoms in total. The summed E-state index contributed by atoms with van der Waals surface area (Å²) in [7, 11) is 0. The Kier molecular flexibility index (Phi) is 4.17. The summed E-state index contributed by atoms with van der Waals surface area (Å²) in [6.07, 6.45) is -3.52. The van der Waals surface area contributed by atoms with Crippen molar-refractivity contribution in [3.63, 3.8) is 0 Å². The summed E-state index contributed by atoms with van der Waals surface area (Å²) in [5.41, 5.74) is -1.11. The average Bonchev–Trinajstić information content (AvgIpc) is 2.40. The summed E-state index contributed by atoms with van der Waals surface area (Å²) in [5, 5.41) is 8.98. The number of hydrogen-bond acceptors (Lipinski definition) is 3. The van der Waals surface area contributed by atoms with E-state index >= 15 is 0 Å². The lowest BCUT2D eigenvalue weighted by molar-refractivity contribution is -0.137. The molecule has 0 aliphatic heterocycles. The van der Waals surface area contributed by atoms with Crippen LogP contribution in [0, 0.1) is 5.82 Å². The molecular formula is C13H7F4NO2S. The molecule has 0 bridgehead atoms. The second-order valence-corrected chi connectivity index (χ2v) is 5.00. The molecule has 2 rings (SSSR count). The van der Waals surface area contributed by atoms with Crippen molar-refractivity contribution in [3.05, 3.63) is 53.5 Å². The van der Waals surface area contributed by atoms with Crippen LogP contribution in [0.25, 0.3) is 0 Å². The Hall–Kier alpha value is -2.09. The predicted octanol–water partition coefficient (Wildman–Crippen LogP) is 4.09. The van der Waals surface area contributed by atoms with E-state index in [-0.39, 0.29) is 15.5 Å². The van der Waals surface area contributed by atoms with Crippen molar-refractivity contribution in [3.8, 4) is 0 Å². The summed E-state index contributed by atoms with van der Waals surface area (Å²) < 4.78 is 50.8. The van der Waals surface area contributed by atoms with E-state index in [1.165, 1.54) is 12.1 Å². The fourth-order valence-electron chi connectivity index (χ4n) is 1.44. The van der Waals surface area contributed by atoms with Gasteiger partial charge in [0.2, 0.25) is 0 Å². The highest BCUT2D eigenvalue weighted by Crippen LogP contribution is 2.34. The zero-order valence-corrected chi connectivity index (χ0v) is 11.0. The summed E-state index contributed by atoms with van der Waals surface area (Å²) in [4.78, 5) is 14.4. The molecule has 110 valence electrons. The fraction of sp³-hybridized carbons (Fsp3) is 0.0769. The van der Waals surface area contributed by atoms with Crippen molar-refractivity contribution in [1.29, 1.82) is 0 Å². The van der Waals surface area contributed by atoms with E-state index in [4.69, 9.17) is 5.11 Å². The van der Waals surface area contributed by atoms with Gasteiger partial charge in [-0.1, -0.05) is 11.8 Å². The van der Waals surface area contributed by atoms with Crippen molar-refractivity contribution in [1.82, 2.24) is 4.98 Å². The van der Waals surface area contributed by atoms with Crippen LogP contribution in [0.5, 0.6) is 0 Å². The van der Waals surface area contributed by atoms with E-state index in [1.807, 2.05) is 0 Å². The summed E-state index contributed by atoms with van der Waals surface area (Å²) in [6.45, 7) is 0. The number of carboxylic acid groups (broad SMARTS) is 1. The van der Waals surface area contributed by atoms with Crippen LogP contribution < -0.4 is 0 Å². The van der Waals surface area contributed by atoms with Gasteiger partial charge >= 0.3 is 12.1 Å². The molecule has 0 saturated heterocycles. The molecule has 8 heteroatoms. The van der Waals surface area contributed by atoms with Gasteiger partial charge < -0.3 is 5.11 Å². The molecular weight excluding hydrogens is 310 g/mol. The third kappa shape index (κ3) is 3.72. The van der Waals surface area contributed by atoms with Gasteiger partial charge in [0.1, 0.15) is 10.8 Å². The van der Waals surface area contributed by atoms with Crippen LogP contribution in [-0.2, 0) is 6.18 Å². The van der Waals surface area contributed by atoms with Crippen LogP contribution in [0.2, 0.25) is 0 Å². The third-order valence-corrected chi connectivity index (χ3v) is 3.46. The highest BCUT2D eigenvalue weighted by atomic mass is 32.2. The van der Waals surface area contributed by atoms with Gasteiger partial charge in [-0.15, -0.1) is 0 Å². The molecule has 2 aromatic rings. The molecule has 1 aromatic heterocycles. The second kappa shape index (κ2) is 5.72. The zero-order valence-electron chi connectivity index (χ0n) is 10.2. The quantitative estimate of drug-likeness (QED) is 0.866. The van der Waals surface area contributed by atoms with Gasteiger partial charge in [-0.25, -0.2) is 14.2 Å². The van der Waals surface area contributed by atoms with Gasteiger partial charge in [0.25, 0.3) is 0 Å². The average molecular weight is 317 g/mol. The number of benzene rings is 1. The van der Waals surface area contributed by atoms with Crippen molar-refractivity contribution in [2.45, 2.75) is 16.1 Å². The Balaban J connectivity index is 2.22. The molecule has 0 fully saturated rings. The van der Waals surface area contributed by atoms with Crippen LogP contribution in [-0.4, -0.2) is 16.1 Å². The fourth-order valence-corrected chi connectivity index (χ4v) is 2.20. The van der Waals surface area contributed by atoms with Crippen molar-refractivity contribution < 1.29 is 27.5 Å². The number of hydrogen-bond donors (Lipinski definition) is 1. The SMILES string of the molecule is O=C(O)c1ccc(Sc2ccc(C(F)(F)F)cc2F)nc1. The number of rotatable bonds is 3. The molecule has 0 radical (unpaired) electrons. The van der Waals surface area contributed by atoms with Gasteiger partial charge in [-0.05, 0) is 30.3 Å². The molecule has 0 amide bonds. The van der Waals surface area contributed by atoms with Crippen LogP contribution in [0.15, 0.2) is 46.5 Å². The van der Waals surface area contributed by atoms with Gasteiger partial charge in [0.15, 0.2) is 0 Å². The predicted molar refractivity (Wildman–Crippen MR) is 66.7 cm³/mol. The number of halogens is 4. The number of carbonyl (C=O) groups is 1. The van der Waals surface area contributed by atoms with Gasteiger partial charge in [0, 0.05) is 11.1 Å². The maximum absolute atomic E-state index is 13.6. The molecule has 0 aliphatic rings. The van der Waals surface area contributed by atoms with Gasteiger partial charge in [-0.2, -0.15) is 13.2 Å². The molecule has 1 aromatic carbocycles. The normalized spacial score (nSPS) is 11.4. The Morgan fingerprint density at radius 2 is 1.90 bits per heavy atom. The third-order valence-electron chi connectivity index (χ3n) is 2.46. The lowest BCUT2D eigenvalue weighted by Crippen LogP contribution is -2.05. The van der Waals surface area contributed by atoms with E-state index in [2.05, 4.69) is 4.98 Å². The lowest BCUT2D eigenvalue weighted by Gasteiger charge is -2.08. The molecule has 1 heterocycles. The number of nitrogens with zero attached hydrogens (tertiary/aromatic N) is 1. The Labute approximate surface area is 120 Å². The number of carboxylic acids is 1. The summed E-state index contributed by atoms with van der Waals surface area (Å²) in [5.74, 6) is -2.17. The first kappa shape index (κ1) is 15.3. The molecule has 0 spiro atoms. The minimum Gasteiger partial charge on any atom is -0.478 e. The monoisotopic (exact) mass is 317 g/mol. The van der Waals surface area contributed by atoms with Crippen LogP contribution >= 0.6 is 11.8 Å². The number of aromatic nitrogens is 1. The van der Waals surface area contributed by atoms with Crippen LogP contribution in [0.4, 0.5) is 17.6 Å². The Bertz CT molecular complexity index is 671. The number of pyridine rings is 1. The second-order valence-electron chi connectivity index (χ2n) is 3.94. The van der Waals surface area contributed by atoms with Gasteiger partial charge in [-0.3, -0.25) is 0 Å². The molecule has 0 aliphatic carbocycles. The first-order valence-corrected chi connectivity index (χ1v) is 6.33. The Morgan fingerprint density at radius 3 is 2.38 bits per heavy atom. The highest BCUT2D eigenvalue weighted by molar-refractivity contribution is 7.99. The summed E-state index contributed by atoms with van der Waals surface area (Å²) >= 11 is 0.808. The van der Waals surface area contributed by atoms with Crippen molar-refractivity contribution in [2.24, 2.45) is 0 Å². The maximum atomic E-state index is 13.6.